The van der Waals surface area contributed by atoms with E-state index in [4.69, 9.17) is 10.5 Å². The van der Waals surface area contributed by atoms with Crippen LogP contribution in [0.5, 0.6) is 5.75 Å². The third kappa shape index (κ3) is 2.13. The second-order valence-corrected chi connectivity index (χ2v) is 4.29. The summed E-state index contributed by atoms with van der Waals surface area (Å²) in [5.74, 6) is 0.736. The van der Waals surface area contributed by atoms with Gasteiger partial charge in [0, 0.05) is 20.1 Å². The Hall–Kier alpha value is -1.75. The third-order valence-corrected chi connectivity index (χ3v) is 3.20. The molecule has 0 radical (unpaired) electrons. The monoisotopic (exact) mass is 249 g/mol. The topological polar surface area (TPSA) is 58.8 Å². The number of nitrogens with zero attached hydrogens (tertiary/aromatic N) is 2. The molecule has 0 saturated carbocycles. The highest BCUT2D eigenvalue weighted by molar-refractivity contribution is 5.96. The van der Waals surface area contributed by atoms with Crippen LogP contribution in [-0.2, 0) is 0 Å². The van der Waals surface area contributed by atoms with Crippen molar-refractivity contribution in [3.63, 3.8) is 0 Å². The first-order chi connectivity index (χ1) is 8.69. The quantitative estimate of drug-likeness (QED) is 0.874. The predicted octanol–water partition coefficient (Wildman–Crippen LogP) is 1.28. The van der Waals surface area contributed by atoms with E-state index >= 15 is 0 Å². The minimum Gasteiger partial charge on any atom is -0.492 e. The number of rotatable bonds is 4. The molecule has 5 heteroatoms. The first-order valence-corrected chi connectivity index (χ1v) is 6.15. The van der Waals surface area contributed by atoms with Crippen LogP contribution in [-0.4, -0.2) is 43.7 Å². The van der Waals surface area contributed by atoms with Gasteiger partial charge < -0.3 is 15.4 Å². The lowest BCUT2D eigenvalue weighted by molar-refractivity contribution is 0.219. The maximum absolute atomic E-state index is 12.2. The number of amides is 2. The van der Waals surface area contributed by atoms with E-state index in [-0.39, 0.29) is 12.1 Å². The number of hydrogen-bond donors (Lipinski definition) is 1. The highest BCUT2D eigenvalue weighted by Crippen LogP contribution is 2.31. The van der Waals surface area contributed by atoms with Gasteiger partial charge >= 0.3 is 6.03 Å². The molecule has 1 heterocycles. The predicted molar refractivity (Wildman–Crippen MR) is 71.0 cm³/mol. The molecule has 1 aliphatic heterocycles. The number of urea groups is 1. The average Bonchev–Trinajstić information content (AvgIpc) is 2.67. The van der Waals surface area contributed by atoms with Gasteiger partial charge in [-0.3, -0.25) is 4.90 Å². The molecule has 0 spiro atoms. The molecule has 0 bridgehead atoms. The van der Waals surface area contributed by atoms with E-state index in [0.717, 1.165) is 11.4 Å². The molecule has 5 nitrogen and oxygen atoms in total. The highest BCUT2D eigenvalue weighted by atomic mass is 16.5. The minimum atomic E-state index is -0.0300. The van der Waals surface area contributed by atoms with E-state index in [0.29, 0.717) is 19.7 Å². The van der Waals surface area contributed by atoms with Crippen molar-refractivity contribution < 1.29 is 9.53 Å². The van der Waals surface area contributed by atoms with E-state index < -0.39 is 0 Å². The van der Waals surface area contributed by atoms with Gasteiger partial charge in [0.1, 0.15) is 5.75 Å². The normalized spacial score (nSPS) is 19.5. The molecular formula is C13H19N3O2. The Labute approximate surface area is 107 Å². The summed E-state index contributed by atoms with van der Waals surface area (Å²) in [4.78, 5) is 15.6. The fourth-order valence-electron chi connectivity index (χ4n) is 2.15. The molecule has 0 aromatic heterocycles. The number of para-hydroxylation sites is 2. The zero-order valence-corrected chi connectivity index (χ0v) is 10.8. The highest BCUT2D eigenvalue weighted by Gasteiger charge is 2.35. The van der Waals surface area contributed by atoms with Crippen LogP contribution in [0.4, 0.5) is 10.5 Å². The van der Waals surface area contributed by atoms with Gasteiger partial charge in [0.25, 0.3) is 0 Å². The van der Waals surface area contributed by atoms with Gasteiger partial charge in [-0.1, -0.05) is 12.1 Å². The van der Waals surface area contributed by atoms with Crippen LogP contribution in [0.2, 0.25) is 0 Å². The summed E-state index contributed by atoms with van der Waals surface area (Å²) < 4.78 is 5.56. The molecule has 0 aliphatic carbocycles. The molecular weight excluding hydrogens is 230 g/mol. The van der Waals surface area contributed by atoms with Crippen molar-refractivity contribution in [2.45, 2.75) is 13.0 Å². The molecule has 18 heavy (non-hydrogen) atoms. The maximum atomic E-state index is 12.2. The number of anilines is 1. The molecule has 1 fully saturated rings. The Morgan fingerprint density at radius 2 is 2.17 bits per heavy atom. The van der Waals surface area contributed by atoms with Gasteiger partial charge in [0.05, 0.1) is 18.3 Å². The number of ether oxygens (including phenoxy) is 1. The van der Waals surface area contributed by atoms with Crippen LogP contribution in [0, 0.1) is 0 Å². The van der Waals surface area contributed by atoms with E-state index in [2.05, 4.69) is 0 Å². The van der Waals surface area contributed by atoms with E-state index in [1.807, 2.05) is 31.2 Å². The minimum absolute atomic E-state index is 0.0300. The molecule has 1 atom stereocenters. The Bertz CT molecular complexity index is 436. The van der Waals surface area contributed by atoms with Crippen LogP contribution in [0.1, 0.15) is 6.92 Å². The lowest BCUT2D eigenvalue weighted by Crippen LogP contribution is -2.35. The van der Waals surface area contributed by atoms with Crippen LogP contribution in [0.3, 0.4) is 0 Å². The SMILES string of the molecule is CCOc1ccccc1N1CC(CN)N(C)C1=O. The number of hydrogen-bond acceptors (Lipinski definition) is 3. The summed E-state index contributed by atoms with van der Waals surface area (Å²) in [6.07, 6.45) is 0. The first-order valence-electron chi connectivity index (χ1n) is 6.15. The Balaban J connectivity index is 2.29. The fourth-order valence-corrected chi connectivity index (χ4v) is 2.15. The molecule has 98 valence electrons. The lowest BCUT2D eigenvalue weighted by Gasteiger charge is -2.19. The number of likely N-dealkylation sites (N-methyl/N-ethyl adjacent to an activating group) is 1. The van der Waals surface area contributed by atoms with Gasteiger partial charge in [0.15, 0.2) is 0 Å². The van der Waals surface area contributed by atoms with Crippen molar-refractivity contribution in [2.24, 2.45) is 5.73 Å². The smallest absolute Gasteiger partial charge is 0.324 e. The number of carbonyl (C=O) groups is 1. The molecule has 2 N–H and O–H groups in total. The number of nitrogens with two attached hydrogens (primary N) is 1. The van der Waals surface area contributed by atoms with Crippen molar-refractivity contribution in [3.8, 4) is 5.75 Å². The molecule has 2 amide bonds. The van der Waals surface area contributed by atoms with E-state index in [1.165, 1.54) is 0 Å². The number of benzene rings is 1. The van der Waals surface area contributed by atoms with E-state index in [1.54, 1.807) is 16.8 Å². The first kappa shape index (κ1) is 12.7. The van der Waals surface area contributed by atoms with Gasteiger partial charge in [-0.2, -0.15) is 0 Å². The number of carbonyl (C=O) groups excluding carboxylic acids is 1. The van der Waals surface area contributed by atoms with Crippen molar-refractivity contribution in [1.82, 2.24) is 4.90 Å². The molecule has 2 rings (SSSR count). The summed E-state index contributed by atoms with van der Waals surface area (Å²) >= 11 is 0. The van der Waals surface area contributed by atoms with Crippen molar-refractivity contribution in [2.75, 3.05) is 31.6 Å². The molecule has 1 aromatic carbocycles. The second kappa shape index (κ2) is 5.27. The van der Waals surface area contributed by atoms with Gasteiger partial charge in [-0.05, 0) is 19.1 Å². The van der Waals surface area contributed by atoms with Crippen molar-refractivity contribution >= 4 is 11.7 Å². The largest absolute Gasteiger partial charge is 0.492 e. The third-order valence-electron chi connectivity index (χ3n) is 3.20. The molecule has 1 unspecified atom stereocenters. The van der Waals surface area contributed by atoms with Crippen LogP contribution < -0.4 is 15.4 Å². The van der Waals surface area contributed by atoms with Gasteiger partial charge in [0.2, 0.25) is 0 Å². The summed E-state index contributed by atoms with van der Waals surface area (Å²) in [5, 5.41) is 0. The summed E-state index contributed by atoms with van der Waals surface area (Å²) in [6, 6.07) is 7.61. The lowest BCUT2D eigenvalue weighted by atomic mass is 10.2. The van der Waals surface area contributed by atoms with Crippen molar-refractivity contribution in [3.05, 3.63) is 24.3 Å². The summed E-state index contributed by atoms with van der Waals surface area (Å²) in [7, 11) is 1.78. The second-order valence-electron chi connectivity index (χ2n) is 4.29. The van der Waals surface area contributed by atoms with E-state index in [9.17, 15) is 4.79 Å². The Morgan fingerprint density at radius 3 is 2.78 bits per heavy atom. The standard InChI is InChI=1S/C13H19N3O2/c1-3-18-12-7-5-4-6-11(12)16-9-10(8-14)15(2)13(16)17/h4-7,10H,3,8-9,14H2,1-2H3. The van der Waals surface area contributed by atoms with Crippen LogP contribution >= 0.6 is 0 Å². The molecule has 1 saturated heterocycles. The zero-order valence-electron chi connectivity index (χ0n) is 10.8. The fraction of sp³-hybridized carbons (Fsp3) is 0.462. The maximum Gasteiger partial charge on any atom is 0.324 e. The molecule has 1 aromatic rings. The summed E-state index contributed by atoms with van der Waals surface area (Å²) in [5.41, 5.74) is 6.48. The Morgan fingerprint density at radius 1 is 1.44 bits per heavy atom. The average molecular weight is 249 g/mol. The van der Waals surface area contributed by atoms with Crippen LogP contribution in [0.25, 0.3) is 0 Å². The Kier molecular flexibility index (Phi) is 3.72. The zero-order chi connectivity index (χ0) is 13.1. The summed E-state index contributed by atoms with van der Waals surface area (Å²) in [6.45, 7) is 3.58. The van der Waals surface area contributed by atoms with Crippen molar-refractivity contribution in [1.29, 1.82) is 0 Å². The molecule has 1 aliphatic rings. The van der Waals surface area contributed by atoms with Gasteiger partial charge in [-0.25, -0.2) is 4.79 Å². The van der Waals surface area contributed by atoms with Crippen LogP contribution in [0.15, 0.2) is 24.3 Å². The van der Waals surface area contributed by atoms with Gasteiger partial charge in [-0.15, -0.1) is 0 Å².